The molecule has 6 nitrogen and oxygen atoms in total. The fraction of sp³-hybridized carbons (Fsp3) is 0.727. The third-order valence-corrected chi connectivity index (χ3v) is 5.47. The van der Waals surface area contributed by atoms with Gasteiger partial charge in [-0.05, 0) is 12.8 Å². The van der Waals surface area contributed by atoms with Crippen molar-refractivity contribution in [1.82, 2.24) is 14.5 Å². The molecule has 2 rings (SSSR count). The normalized spacial score (nSPS) is 25.2. The maximum atomic E-state index is 12.3. The SMILES string of the molecule is Cn1ncc(Cl)c1S(=O)(=O)NC1CCCCCC1N. The molecule has 1 saturated carbocycles. The van der Waals surface area contributed by atoms with Gasteiger partial charge in [0.1, 0.15) is 0 Å². The van der Waals surface area contributed by atoms with E-state index in [1.54, 1.807) is 7.05 Å². The molecule has 1 aromatic rings. The van der Waals surface area contributed by atoms with Gasteiger partial charge < -0.3 is 5.73 Å². The van der Waals surface area contributed by atoms with Crippen LogP contribution in [0, 0.1) is 0 Å². The number of nitrogens with one attached hydrogen (secondary N) is 1. The summed E-state index contributed by atoms with van der Waals surface area (Å²) in [6, 6.07) is -0.386. The Labute approximate surface area is 118 Å². The first-order valence-corrected chi connectivity index (χ1v) is 8.23. The number of rotatable bonds is 3. The highest BCUT2D eigenvalue weighted by molar-refractivity contribution is 7.89. The van der Waals surface area contributed by atoms with Crippen LogP contribution in [0.25, 0.3) is 0 Å². The van der Waals surface area contributed by atoms with Crippen LogP contribution in [0.3, 0.4) is 0 Å². The van der Waals surface area contributed by atoms with Crippen LogP contribution in [0.2, 0.25) is 5.02 Å². The summed E-state index contributed by atoms with van der Waals surface area (Å²) >= 11 is 5.88. The summed E-state index contributed by atoms with van der Waals surface area (Å²) in [5, 5.41) is 3.96. The molecule has 0 aliphatic heterocycles. The summed E-state index contributed by atoms with van der Waals surface area (Å²) < 4.78 is 28.6. The highest BCUT2D eigenvalue weighted by atomic mass is 35.5. The van der Waals surface area contributed by atoms with Crippen molar-refractivity contribution in [3.05, 3.63) is 11.2 Å². The lowest BCUT2D eigenvalue weighted by Gasteiger charge is -2.22. The van der Waals surface area contributed by atoms with Gasteiger partial charge in [0.2, 0.25) is 0 Å². The topological polar surface area (TPSA) is 90.0 Å². The third kappa shape index (κ3) is 3.28. The predicted molar refractivity (Wildman–Crippen MR) is 73.4 cm³/mol. The van der Waals surface area contributed by atoms with Crippen LogP contribution in [-0.4, -0.2) is 30.3 Å². The molecule has 0 saturated heterocycles. The Bertz CT molecular complexity index is 523. The van der Waals surface area contributed by atoms with Gasteiger partial charge in [-0.1, -0.05) is 30.9 Å². The number of nitrogens with two attached hydrogens (primary N) is 1. The fourth-order valence-corrected chi connectivity index (χ4v) is 4.42. The average Bonchev–Trinajstić information content (AvgIpc) is 2.54. The Kier molecular flexibility index (Phi) is 4.50. The molecule has 1 aromatic heterocycles. The van der Waals surface area contributed by atoms with Gasteiger partial charge in [0, 0.05) is 19.1 Å². The maximum Gasteiger partial charge on any atom is 0.259 e. The van der Waals surface area contributed by atoms with E-state index >= 15 is 0 Å². The van der Waals surface area contributed by atoms with E-state index < -0.39 is 10.0 Å². The van der Waals surface area contributed by atoms with Crippen LogP contribution in [0.15, 0.2) is 11.2 Å². The number of hydrogen-bond acceptors (Lipinski definition) is 4. The second kappa shape index (κ2) is 5.78. The molecule has 2 atom stereocenters. The van der Waals surface area contributed by atoms with Crippen molar-refractivity contribution in [3.63, 3.8) is 0 Å². The molecule has 0 spiro atoms. The Hall–Kier alpha value is -0.630. The van der Waals surface area contributed by atoms with Gasteiger partial charge in [-0.2, -0.15) is 5.10 Å². The number of halogens is 1. The Balaban J connectivity index is 2.21. The number of sulfonamides is 1. The summed E-state index contributed by atoms with van der Waals surface area (Å²) in [6.45, 7) is 0. The van der Waals surface area contributed by atoms with E-state index in [0.717, 1.165) is 32.1 Å². The standard InChI is InChI=1S/C11H19ClN4O2S/c1-16-11(8(12)7-14-16)19(17,18)15-10-6-4-2-3-5-9(10)13/h7,9-10,15H,2-6,13H2,1H3. The van der Waals surface area contributed by atoms with Gasteiger partial charge >= 0.3 is 0 Å². The molecular formula is C11H19ClN4O2S. The molecular weight excluding hydrogens is 288 g/mol. The first kappa shape index (κ1) is 14.8. The molecule has 0 aromatic carbocycles. The summed E-state index contributed by atoms with van der Waals surface area (Å²) in [7, 11) is -2.14. The number of hydrogen-bond donors (Lipinski definition) is 2. The van der Waals surface area contributed by atoms with E-state index in [4.69, 9.17) is 17.3 Å². The van der Waals surface area contributed by atoms with Crippen LogP contribution < -0.4 is 10.5 Å². The third-order valence-electron chi connectivity index (χ3n) is 3.47. The van der Waals surface area contributed by atoms with E-state index in [0.29, 0.717) is 0 Å². The molecule has 3 N–H and O–H groups in total. The minimum atomic E-state index is -3.69. The summed E-state index contributed by atoms with van der Waals surface area (Å²) in [5.74, 6) is 0. The summed E-state index contributed by atoms with van der Waals surface area (Å²) in [4.78, 5) is 0. The minimum Gasteiger partial charge on any atom is -0.326 e. The molecule has 2 unspecified atom stereocenters. The van der Waals surface area contributed by atoms with Crippen molar-refractivity contribution in [1.29, 1.82) is 0 Å². The number of aromatic nitrogens is 2. The lowest BCUT2D eigenvalue weighted by molar-refractivity contribution is 0.453. The Morgan fingerprint density at radius 1 is 1.42 bits per heavy atom. The number of aryl methyl sites for hydroxylation is 1. The average molecular weight is 307 g/mol. The van der Waals surface area contributed by atoms with Gasteiger partial charge in [0.05, 0.1) is 11.2 Å². The van der Waals surface area contributed by atoms with Gasteiger partial charge in [0.15, 0.2) is 5.03 Å². The first-order chi connectivity index (χ1) is 8.92. The van der Waals surface area contributed by atoms with Crippen molar-refractivity contribution in [2.45, 2.75) is 49.2 Å². The highest BCUT2D eigenvalue weighted by Crippen LogP contribution is 2.22. The van der Waals surface area contributed by atoms with Crippen LogP contribution in [-0.2, 0) is 17.1 Å². The largest absolute Gasteiger partial charge is 0.326 e. The molecule has 1 aliphatic carbocycles. The quantitative estimate of drug-likeness (QED) is 0.816. The van der Waals surface area contributed by atoms with Gasteiger partial charge in [-0.3, -0.25) is 4.68 Å². The van der Waals surface area contributed by atoms with Crippen LogP contribution in [0.1, 0.15) is 32.1 Å². The molecule has 108 valence electrons. The second-order valence-corrected chi connectivity index (χ2v) is 6.99. The lowest BCUT2D eigenvalue weighted by atomic mass is 10.1. The maximum absolute atomic E-state index is 12.3. The zero-order valence-electron chi connectivity index (χ0n) is 10.8. The Morgan fingerprint density at radius 3 is 2.74 bits per heavy atom. The number of nitrogens with zero attached hydrogens (tertiary/aromatic N) is 2. The monoisotopic (exact) mass is 306 g/mol. The minimum absolute atomic E-state index is 0.00869. The van der Waals surface area contributed by atoms with Crippen molar-refractivity contribution < 1.29 is 8.42 Å². The van der Waals surface area contributed by atoms with E-state index in [1.807, 2.05) is 0 Å². The smallest absolute Gasteiger partial charge is 0.259 e. The van der Waals surface area contributed by atoms with E-state index in [1.165, 1.54) is 10.9 Å². The summed E-state index contributed by atoms with van der Waals surface area (Å²) in [6.07, 6.45) is 6.05. The molecule has 19 heavy (non-hydrogen) atoms. The molecule has 0 amide bonds. The predicted octanol–water partition coefficient (Wildman–Crippen LogP) is 1.01. The molecule has 8 heteroatoms. The summed E-state index contributed by atoms with van der Waals surface area (Å²) in [5.41, 5.74) is 6.03. The van der Waals surface area contributed by atoms with Gasteiger partial charge in [0.25, 0.3) is 10.0 Å². The van der Waals surface area contributed by atoms with Gasteiger partial charge in [-0.15, -0.1) is 0 Å². The van der Waals surface area contributed by atoms with Crippen molar-refractivity contribution in [2.75, 3.05) is 0 Å². The molecule has 1 heterocycles. The van der Waals surface area contributed by atoms with Crippen molar-refractivity contribution in [2.24, 2.45) is 12.8 Å². The van der Waals surface area contributed by atoms with Crippen molar-refractivity contribution >= 4 is 21.6 Å². The van der Waals surface area contributed by atoms with Gasteiger partial charge in [-0.25, -0.2) is 13.1 Å². The van der Waals surface area contributed by atoms with E-state index in [-0.39, 0.29) is 22.1 Å². The van der Waals surface area contributed by atoms with E-state index in [2.05, 4.69) is 9.82 Å². The molecule has 0 bridgehead atoms. The Morgan fingerprint density at radius 2 is 2.11 bits per heavy atom. The molecule has 0 radical (unpaired) electrons. The highest BCUT2D eigenvalue weighted by Gasteiger charge is 2.29. The van der Waals surface area contributed by atoms with Crippen LogP contribution in [0.5, 0.6) is 0 Å². The van der Waals surface area contributed by atoms with Crippen molar-refractivity contribution in [3.8, 4) is 0 Å². The zero-order chi connectivity index (χ0) is 14.0. The van der Waals surface area contributed by atoms with Crippen LogP contribution in [0.4, 0.5) is 0 Å². The zero-order valence-corrected chi connectivity index (χ0v) is 12.4. The van der Waals surface area contributed by atoms with E-state index in [9.17, 15) is 8.42 Å². The molecule has 1 fully saturated rings. The van der Waals surface area contributed by atoms with Crippen LogP contribution >= 0.6 is 11.6 Å². The molecule has 1 aliphatic rings. The lowest BCUT2D eigenvalue weighted by Crippen LogP contribution is -2.47. The first-order valence-electron chi connectivity index (χ1n) is 6.37. The second-order valence-electron chi connectivity index (χ2n) is 4.95. The fourth-order valence-electron chi connectivity index (χ4n) is 2.44.